The molecule has 0 N–H and O–H groups in total. The molecule has 4 nitrogen and oxygen atoms in total. The van der Waals surface area contributed by atoms with Crippen LogP contribution in [0.4, 0.5) is 0 Å². The van der Waals surface area contributed by atoms with Crippen LogP contribution < -0.4 is 0 Å². The lowest BCUT2D eigenvalue weighted by Crippen LogP contribution is -1.96. The van der Waals surface area contributed by atoms with Gasteiger partial charge in [0.2, 0.25) is 0 Å². The molecule has 0 spiro atoms. The van der Waals surface area contributed by atoms with Crippen molar-refractivity contribution in [3.63, 3.8) is 0 Å². The van der Waals surface area contributed by atoms with Gasteiger partial charge in [0.05, 0.1) is 4.90 Å². The van der Waals surface area contributed by atoms with Crippen LogP contribution in [-0.4, -0.2) is 21.0 Å². The molecule has 1 aromatic rings. The molecule has 0 unspecified atom stereocenters. The third-order valence-corrected chi connectivity index (χ3v) is 2.95. The van der Waals surface area contributed by atoms with Gasteiger partial charge >= 0.3 is 0 Å². The Hall–Kier alpha value is -1.20. The average molecular weight is 233 g/mol. The number of hydrogen-bond donors (Lipinski definition) is 0. The minimum atomic E-state index is -3.86. The maximum Gasteiger partial charge on any atom is 0.261 e. The van der Waals surface area contributed by atoms with Crippen LogP contribution >= 0.6 is 10.7 Å². The van der Waals surface area contributed by atoms with Crippen LogP contribution in [0.15, 0.2) is 23.1 Å². The van der Waals surface area contributed by atoms with E-state index in [9.17, 15) is 18.0 Å². The Balaban J connectivity index is 3.42. The lowest BCUT2D eigenvalue weighted by atomic mass is 10.1. The lowest BCUT2D eigenvalue weighted by Gasteiger charge is -1.99. The number of rotatable bonds is 3. The van der Waals surface area contributed by atoms with Gasteiger partial charge in [-0.15, -0.1) is 0 Å². The third-order valence-electron chi connectivity index (χ3n) is 1.59. The monoisotopic (exact) mass is 232 g/mol. The van der Waals surface area contributed by atoms with Crippen molar-refractivity contribution < 1.29 is 18.0 Å². The van der Waals surface area contributed by atoms with Gasteiger partial charge < -0.3 is 0 Å². The van der Waals surface area contributed by atoms with E-state index in [0.717, 1.165) is 6.07 Å². The molecule has 74 valence electrons. The molecule has 1 rings (SSSR count). The molecule has 0 bridgehead atoms. The van der Waals surface area contributed by atoms with Crippen LogP contribution in [0.5, 0.6) is 0 Å². The minimum absolute atomic E-state index is 0.00160. The van der Waals surface area contributed by atoms with E-state index in [1.54, 1.807) is 0 Å². The number of benzene rings is 1. The Kier molecular flexibility index (Phi) is 3.03. The number of carbonyl (C=O) groups excluding carboxylic acids is 2. The molecule has 0 aromatic heterocycles. The summed E-state index contributed by atoms with van der Waals surface area (Å²) in [7, 11) is 1.19. The van der Waals surface area contributed by atoms with Crippen molar-refractivity contribution in [1.29, 1.82) is 0 Å². The molecule has 0 amide bonds. The molecular formula is C8H5ClO4S. The van der Waals surface area contributed by atoms with Crippen molar-refractivity contribution in [2.45, 2.75) is 4.90 Å². The van der Waals surface area contributed by atoms with Gasteiger partial charge in [-0.1, -0.05) is 0 Å². The van der Waals surface area contributed by atoms with Crippen LogP contribution in [0.25, 0.3) is 0 Å². The van der Waals surface area contributed by atoms with Gasteiger partial charge in [-0.25, -0.2) is 8.42 Å². The molecule has 0 heterocycles. The van der Waals surface area contributed by atoms with Gasteiger partial charge in [-0.2, -0.15) is 0 Å². The normalized spacial score (nSPS) is 10.9. The minimum Gasteiger partial charge on any atom is -0.298 e. The summed E-state index contributed by atoms with van der Waals surface area (Å²) in [6, 6.07) is 3.45. The lowest BCUT2D eigenvalue weighted by molar-refractivity contribution is 0.109. The summed E-state index contributed by atoms with van der Waals surface area (Å²) in [5.74, 6) is 0. The zero-order chi connectivity index (χ0) is 10.8. The number of hydrogen-bond acceptors (Lipinski definition) is 4. The second kappa shape index (κ2) is 3.89. The van der Waals surface area contributed by atoms with Crippen molar-refractivity contribution >= 4 is 32.3 Å². The molecule has 14 heavy (non-hydrogen) atoms. The second-order valence-corrected chi connectivity index (χ2v) is 5.03. The largest absolute Gasteiger partial charge is 0.298 e. The van der Waals surface area contributed by atoms with E-state index >= 15 is 0 Å². The van der Waals surface area contributed by atoms with E-state index in [4.69, 9.17) is 10.7 Å². The summed E-state index contributed by atoms with van der Waals surface area (Å²) in [4.78, 5) is 20.7. The summed E-state index contributed by atoms with van der Waals surface area (Å²) in [6.07, 6.45) is 0.865. The molecule has 0 saturated heterocycles. The number of halogens is 1. The fourth-order valence-electron chi connectivity index (χ4n) is 0.914. The van der Waals surface area contributed by atoms with Crippen molar-refractivity contribution in [3.8, 4) is 0 Å². The Morgan fingerprint density at radius 1 is 1.07 bits per heavy atom. The fraction of sp³-hybridized carbons (Fsp3) is 0. The molecule has 0 saturated carbocycles. The standard InChI is InChI=1S/C8H5ClO4S/c9-14(12,13)8-2-1-6(4-10)7(3-8)5-11/h1-5H. The first-order valence-corrected chi connectivity index (χ1v) is 5.79. The smallest absolute Gasteiger partial charge is 0.261 e. The van der Waals surface area contributed by atoms with Crippen LogP contribution in [0.1, 0.15) is 20.7 Å². The first kappa shape index (κ1) is 10.9. The van der Waals surface area contributed by atoms with Gasteiger partial charge in [0.1, 0.15) is 0 Å². The summed E-state index contributed by atoms with van der Waals surface area (Å²) < 4.78 is 21.7. The Labute approximate surface area is 84.9 Å². The van der Waals surface area contributed by atoms with Crippen LogP contribution in [0.2, 0.25) is 0 Å². The van der Waals surface area contributed by atoms with Crippen molar-refractivity contribution in [2.24, 2.45) is 0 Å². The molecule has 0 atom stereocenters. The van der Waals surface area contributed by atoms with Gasteiger partial charge in [-0.05, 0) is 18.2 Å². The van der Waals surface area contributed by atoms with Gasteiger partial charge in [0.15, 0.2) is 12.6 Å². The van der Waals surface area contributed by atoms with Crippen LogP contribution in [-0.2, 0) is 9.05 Å². The summed E-state index contributed by atoms with van der Waals surface area (Å²) >= 11 is 0. The van der Waals surface area contributed by atoms with Gasteiger partial charge in [0, 0.05) is 21.8 Å². The van der Waals surface area contributed by atoms with E-state index in [1.165, 1.54) is 12.1 Å². The van der Waals surface area contributed by atoms with E-state index < -0.39 is 9.05 Å². The third kappa shape index (κ3) is 2.18. The maximum atomic E-state index is 10.9. The zero-order valence-electron chi connectivity index (χ0n) is 6.81. The molecule has 0 aliphatic rings. The van der Waals surface area contributed by atoms with E-state index in [0.29, 0.717) is 12.6 Å². The Morgan fingerprint density at radius 2 is 1.64 bits per heavy atom. The SMILES string of the molecule is O=Cc1ccc(S(=O)(=O)Cl)cc1C=O. The number of aldehydes is 2. The molecule has 0 aliphatic heterocycles. The van der Waals surface area contributed by atoms with Crippen LogP contribution in [0.3, 0.4) is 0 Å². The van der Waals surface area contributed by atoms with E-state index in [2.05, 4.69) is 0 Å². The van der Waals surface area contributed by atoms with E-state index in [-0.39, 0.29) is 16.0 Å². The van der Waals surface area contributed by atoms with E-state index in [1.807, 2.05) is 0 Å². The summed E-state index contributed by atoms with van der Waals surface area (Å²) in [6.45, 7) is 0. The summed E-state index contributed by atoms with van der Waals surface area (Å²) in [5, 5.41) is 0. The molecular weight excluding hydrogens is 228 g/mol. The molecule has 6 heteroatoms. The van der Waals surface area contributed by atoms with Crippen molar-refractivity contribution in [3.05, 3.63) is 29.3 Å². The highest BCUT2D eigenvalue weighted by atomic mass is 35.7. The molecule has 0 radical (unpaired) electrons. The topological polar surface area (TPSA) is 68.3 Å². The Bertz CT molecular complexity index is 478. The molecule has 1 aromatic carbocycles. The van der Waals surface area contributed by atoms with Crippen molar-refractivity contribution in [2.75, 3.05) is 0 Å². The number of carbonyl (C=O) groups is 2. The second-order valence-electron chi connectivity index (χ2n) is 2.46. The first-order valence-electron chi connectivity index (χ1n) is 3.48. The molecule has 0 fully saturated rings. The highest BCUT2D eigenvalue weighted by molar-refractivity contribution is 8.13. The summed E-state index contributed by atoms with van der Waals surface area (Å²) in [5.41, 5.74) is 0.130. The fourth-order valence-corrected chi connectivity index (χ4v) is 1.70. The van der Waals surface area contributed by atoms with Crippen LogP contribution in [0, 0.1) is 0 Å². The average Bonchev–Trinajstić information content (AvgIpc) is 2.15. The van der Waals surface area contributed by atoms with Crippen molar-refractivity contribution in [1.82, 2.24) is 0 Å². The quantitative estimate of drug-likeness (QED) is 0.581. The highest BCUT2D eigenvalue weighted by Gasteiger charge is 2.12. The van der Waals surface area contributed by atoms with Gasteiger partial charge in [0.25, 0.3) is 9.05 Å². The first-order chi connectivity index (χ1) is 6.49. The zero-order valence-corrected chi connectivity index (χ0v) is 8.38. The van der Waals surface area contributed by atoms with Gasteiger partial charge in [-0.3, -0.25) is 9.59 Å². The molecule has 0 aliphatic carbocycles. The maximum absolute atomic E-state index is 10.9. The Morgan fingerprint density at radius 3 is 2.07 bits per heavy atom. The predicted molar refractivity (Wildman–Crippen MR) is 50.3 cm³/mol. The predicted octanol–water partition coefficient (Wildman–Crippen LogP) is 1.24. The highest BCUT2D eigenvalue weighted by Crippen LogP contribution is 2.17.